The van der Waals surface area contributed by atoms with Gasteiger partial charge in [0.15, 0.2) is 0 Å². The first kappa shape index (κ1) is 13.8. The molecule has 3 nitrogen and oxygen atoms in total. The Hall–Kier alpha value is -0.163. The summed E-state index contributed by atoms with van der Waals surface area (Å²) in [6, 6.07) is 0.880. The molecule has 0 amide bonds. The molecule has 0 radical (unpaired) electrons. The third-order valence-electron chi connectivity index (χ3n) is 2.19. The standard InChI is InChI=1S/C10H22O3Si/c1-5-6-7-8-9-10-14(11-2,12-3)13-4/h6-7H,5,8-10H2,1-4H3. The van der Waals surface area contributed by atoms with E-state index in [1.54, 1.807) is 21.3 Å². The zero-order valence-corrected chi connectivity index (χ0v) is 10.7. The quantitative estimate of drug-likeness (QED) is 0.356. The van der Waals surface area contributed by atoms with E-state index in [-0.39, 0.29) is 0 Å². The molecular formula is C10H22O3Si. The van der Waals surface area contributed by atoms with Crippen LogP contribution in [0.15, 0.2) is 12.2 Å². The second-order valence-electron chi connectivity index (χ2n) is 3.07. The van der Waals surface area contributed by atoms with E-state index in [0.29, 0.717) is 0 Å². The molecule has 0 unspecified atom stereocenters. The maximum Gasteiger partial charge on any atom is 0.500 e. The molecule has 0 saturated heterocycles. The molecule has 14 heavy (non-hydrogen) atoms. The second-order valence-corrected chi connectivity index (χ2v) is 6.16. The van der Waals surface area contributed by atoms with Crippen molar-refractivity contribution in [3.05, 3.63) is 12.2 Å². The third-order valence-corrected chi connectivity index (χ3v) is 5.02. The molecule has 0 aromatic rings. The molecular weight excluding hydrogens is 196 g/mol. The molecule has 0 fully saturated rings. The van der Waals surface area contributed by atoms with E-state index in [2.05, 4.69) is 19.1 Å². The molecule has 4 heteroatoms. The normalized spacial score (nSPS) is 12.6. The van der Waals surface area contributed by atoms with Gasteiger partial charge in [-0.25, -0.2) is 0 Å². The Balaban J connectivity index is 3.76. The Morgan fingerprint density at radius 3 is 2.00 bits per heavy atom. The number of hydrogen-bond donors (Lipinski definition) is 0. The zero-order valence-electron chi connectivity index (χ0n) is 9.71. The molecule has 0 bridgehead atoms. The van der Waals surface area contributed by atoms with Gasteiger partial charge in [0.25, 0.3) is 0 Å². The Kier molecular flexibility index (Phi) is 8.08. The van der Waals surface area contributed by atoms with Gasteiger partial charge in [0.05, 0.1) is 0 Å². The topological polar surface area (TPSA) is 27.7 Å². The van der Waals surface area contributed by atoms with E-state index in [4.69, 9.17) is 13.3 Å². The van der Waals surface area contributed by atoms with Gasteiger partial charge in [-0.2, -0.15) is 0 Å². The molecule has 0 rings (SSSR count). The average Bonchev–Trinajstić information content (AvgIpc) is 2.24. The fraction of sp³-hybridized carbons (Fsp3) is 0.800. The first-order chi connectivity index (χ1) is 6.74. The minimum Gasteiger partial charge on any atom is -0.377 e. The highest BCUT2D eigenvalue weighted by atomic mass is 28.4. The number of hydrogen-bond acceptors (Lipinski definition) is 3. The van der Waals surface area contributed by atoms with Gasteiger partial charge in [-0.1, -0.05) is 19.1 Å². The summed E-state index contributed by atoms with van der Waals surface area (Å²) in [7, 11) is 2.65. The van der Waals surface area contributed by atoms with Crippen LogP contribution in [0.4, 0.5) is 0 Å². The van der Waals surface area contributed by atoms with Crippen molar-refractivity contribution in [3.8, 4) is 0 Å². The van der Waals surface area contributed by atoms with Crippen LogP contribution in [-0.2, 0) is 13.3 Å². The smallest absolute Gasteiger partial charge is 0.377 e. The molecule has 0 aliphatic carbocycles. The van der Waals surface area contributed by atoms with Crippen molar-refractivity contribution in [2.75, 3.05) is 21.3 Å². The van der Waals surface area contributed by atoms with E-state index >= 15 is 0 Å². The molecule has 84 valence electrons. The van der Waals surface area contributed by atoms with Crippen molar-refractivity contribution in [3.63, 3.8) is 0 Å². The number of allylic oxidation sites excluding steroid dienone is 2. The lowest BCUT2D eigenvalue weighted by Crippen LogP contribution is -2.42. The van der Waals surface area contributed by atoms with Crippen molar-refractivity contribution in [1.82, 2.24) is 0 Å². The highest BCUT2D eigenvalue weighted by Gasteiger charge is 2.36. The van der Waals surface area contributed by atoms with Crippen LogP contribution in [0.3, 0.4) is 0 Å². The van der Waals surface area contributed by atoms with E-state index < -0.39 is 8.80 Å². The van der Waals surface area contributed by atoms with Crippen molar-refractivity contribution in [2.24, 2.45) is 0 Å². The predicted octanol–water partition coefficient (Wildman–Crippen LogP) is 2.61. The summed E-state index contributed by atoms with van der Waals surface area (Å²) >= 11 is 0. The lowest BCUT2D eigenvalue weighted by Gasteiger charge is -2.23. The molecule has 0 N–H and O–H groups in total. The SMILES string of the molecule is CCC=CCCC[Si](OC)(OC)OC. The molecule has 0 aromatic carbocycles. The minimum atomic E-state index is -2.31. The maximum atomic E-state index is 5.31. The molecule has 0 atom stereocenters. The van der Waals surface area contributed by atoms with Gasteiger partial charge < -0.3 is 13.3 Å². The van der Waals surface area contributed by atoms with Crippen LogP contribution >= 0.6 is 0 Å². The number of rotatable bonds is 8. The van der Waals surface area contributed by atoms with Gasteiger partial charge in [-0.15, -0.1) is 0 Å². The van der Waals surface area contributed by atoms with Crippen molar-refractivity contribution in [1.29, 1.82) is 0 Å². The van der Waals surface area contributed by atoms with Crippen LogP contribution in [0, 0.1) is 0 Å². The minimum absolute atomic E-state index is 0.880. The van der Waals surface area contributed by atoms with Crippen molar-refractivity contribution < 1.29 is 13.3 Å². The van der Waals surface area contributed by atoms with Gasteiger partial charge in [0.2, 0.25) is 0 Å². The largest absolute Gasteiger partial charge is 0.500 e. The van der Waals surface area contributed by atoms with E-state index in [9.17, 15) is 0 Å². The zero-order chi connectivity index (χ0) is 10.9. The van der Waals surface area contributed by atoms with Crippen LogP contribution in [-0.4, -0.2) is 30.1 Å². The summed E-state index contributed by atoms with van der Waals surface area (Å²) in [5.41, 5.74) is 0. The van der Waals surface area contributed by atoms with Crippen LogP contribution in [0.1, 0.15) is 26.2 Å². The Morgan fingerprint density at radius 2 is 1.57 bits per heavy atom. The fourth-order valence-corrected chi connectivity index (χ4v) is 3.03. The first-order valence-corrected chi connectivity index (χ1v) is 6.98. The third kappa shape index (κ3) is 4.90. The molecule has 0 aliphatic heterocycles. The summed E-state index contributed by atoms with van der Waals surface area (Å²) in [4.78, 5) is 0. The first-order valence-electron chi connectivity index (χ1n) is 5.05. The van der Waals surface area contributed by atoms with Crippen LogP contribution in [0.5, 0.6) is 0 Å². The molecule has 0 aliphatic rings. The van der Waals surface area contributed by atoms with Gasteiger partial charge in [0, 0.05) is 27.4 Å². The maximum absolute atomic E-state index is 5.31. The summed E-state index contributed by atoms with van der Waals surface area (Å²) in [5, 5.41) is 0. The Labute approximate surface area is 88.4 Å². The lowest BCUT2D eigenvalue weighted by molar-refractivity contribution is 0.123. The molecule has 0 saturated carbocycles. The monoisotopic (exact) mass is 218 g/mol. The Morgan fingerprint density at radius 1 is 1.00 bits per heavy atom. The average molecular weight is 218 g/mol. The van der Waals surface area contributed by atoms with Crippen LogP contribution in [0.25, 0.3) is 0 Å². The summed E-state index contributed by atoms with van der Waals surface area (Å²) in [5.74, 6) is 0. The van der Waals surface area contributed by atoms with Gasteiger partial charge in [0.1, 0.15) is 0 Å². The summed E-state index contributed by atoms with van der Waals surface area (Å²) < 4.78 is 15.9. The van der Waals surface area contributed by atoms with Crippen LogP contribution in [0.2, 0.25) is 6.04 Å². The van der Waals surface area contributed by atoms with E-state index in [1.165, 1.54) is 0 Å². The molecule has 0 spiro atoms. The molecule has 0 aromatic heterocycles. The summed E-state index contributed by atoms with van der Waals surface area (Å²) in [6.45, 7) is 2.13. The second kappa shape index (κ2) is 8.17. The molecule has 0 heterocycles. The predicted molar refractivity (Wildman–Crippen MR) is 60.3 cm³/mol. The number of unbranched alkanes of at least 4 members (excludes halogenated alkanes) is 1. The van der Waals surface area contributed by atoms with Crippen molar-refractivity contribution >= 4 is 8.80 Å². The van der Waals surface area contributed by atoms with E-state index in [0.717, 1.165) is 25.3 Å². The Bertz CT molecular complexity index is 147. The highest BCUT2D eigenvalue weighted by Crippen LogP contribution is 2.16. The van der Waals surface area contributed by atoms with Crippen molar-refractivity contribution in [2.45, 2.75) is 32.2 Å². The van der Waals surface area contributed by atoms with Gasteiger partial charge in [-0.05, 0) is 19.3 Å². The van der Waals surface area contributed by atoms with Gasteiger partial charge >= 0.3 is 8.80 Å². The van der Waals surface area contributed by atoms with Gasteiger partial charge in [-0.3, -0.25) is 0 Å². The highest BCUT2D eigenvalue weighted by molar-refractivity contribution is 6.60. The fourth-order valence-electron chi connectivity index (χ4n) is 1.28. The lowest BCUT2D eigenvalue weighted by atomic mass is 10.3. The van der Waals surface area contributed by atoms with E-state index in [1.807, 2.05) is 0 Å². The van der Waals surface area contributed by atoms with Crippen LogP contribution < -0.4 is 0 Å². The summed E-state index contributed by atoms with van der Waals surface area (Å²) in [6.07, 6.45) is 7.59.